The van der Waals surface area contributed by atoms with Crippen LogP contribution in [-0.2, 0) is 0 Å². The highest BCUT2D eigenvalue weighted by atomic mass is 16.6. The molecule has 116 valence electrons. The van der Waals surface area contributed by atoms with E-state index < -0.39 is 0 Å². The molecule has 0 aromatic carbocycles. The van der Waals surface area contributed by atoms with Gasteiger partial charge in [-0.05, 0) is 0 Å². The molecule has 0 unspecified atom stereocenters. The van der Waals surface area contributed by atoms with E-state index in [4.69, 9.17) is 4.74 Å². The largest absolute Gasteiger partial charge is 0.415 e. The molecule has 0 radical (unpaired) electrons. The average Bonchev–Trinajstić information content (AvgIpc) is 3.04. The molecule has 1 fully saturated rings. The fourth-order valence-corrected chi connectivity index (χ4v) is 2.87. The van der Waals surface area contributed by atoms with Gasteiger partial charge in [0.15, 0.2) is 11.6 Å². The lowest BCUT2D eigenvalue weighted by Gasteiger charge is -2.28. The van der Waals surface area contributed by atoms with Gasteiger partial charge in [-0.25, -0.2) is 9.78 Å². The zero-order valence-corrected chi connectivity index (χ0v) is 12.2. The summed E-state index contributed by atoms with van der Waals surface area (Å²) in [6.45, 7) is 5.37. The molecule has 0 saturated carbocycles. The Hall–Kier alpha value is -2.35. The predicted octanol–water partition coefficient (Wildman–Crippen LogP) is -0.0692. The van der Waals surface area contributed by atoms with Gasteiger partial charge in [0.05, 0.1) is 25.1 Å². The van der Waals surface area contributed by atoms with Crippen molar-refractivity contribution in [3.8, 4) is 5.75 Å². The molecule has 0 atom stereocenters. The van der Waals surface area contributed by atoms with Crippen LogP contribution in [-0.4, -0.2) is 72.6 Å². The molecule has 4 rings (SSSR count). The number of hydrogen-bond acceptors (Lipinski definition) is 7. The molecule has 2 N–H and O–H groups in total. The number of nitrogens with one attached hydrogen (secondary N) is 2. The third-order valence-electron chi connectivity index (χ3n) is 4.05. The number of amides is 1. The van der Waals surface area contributed by atoms with Crippen molar-refractivity contribution in [2.24, 2.45) is 4.99 Å². The Morgan fingerprint density at radius 3 is 3.00 bits per heavy atom. The lowest BCUT2D eigenvalue weighted by atomic mass is 10.2. The monoisotopic (exact) mass is 302 g/mol. The molecule has 0 spiro atoms. The number of hydrogen-bond donors (Lipinski definition) is 2. The van der Waals surface area contributed by atoms with Crippen LogP contribution in [0.3, 0.4) is 0 Å². The summed E-state index contributed by atoms with van der Waals surface area (Å²) in [6, 6.07) is 1.82. The van der Waals surface area contributed by atoms with E-state index >= 15 is 0 Å². The maximum atomic E-state index is 12.1. The van der Waals surface area contributed by atoms with E-state index in [1.54, 1.807) is 11.1 Å². The Morgan fingerprint density at radius 1 is 1.27 bits per heavy atom. The van der Waals surface area contributed by atoms with E-state index in [0.29, 0.717) is 25.5 Å². The molecule has 0 bridgehead atoms. The van der Waals surface area contributed by atoms with Crippen molar-refractivity contribution in [3.63, 3.8) is 0 Å². The Labute approximate surface area is 128 Å². The molecular formula is C14H18N6O2. The van der Waals surface area contributed by atoms with Crippen molar-refractivity contribution >= 4 is 17.6 Å². The highest BCUT2D eigenvalue weighted by Crippen LogP contribution is 2.26. The van der Waals surface area contributed by atoms with Gasteiger partial charge in [0.1, 0.15) is 5.69 Å². The standard InChI is InChI=1S/C14H18N6O2/c21-14(19-4-1-15-2-5-19)22-10-7-11-12(17-8-10)13-16-3-6-20(13)9-18-11/h7-8,15,18H,1-6,9H2. The van der Waals surface area contributed by atoms with Crippen LogP contribution < -0.4 is 15.4 Å². The summed E-state index contributed by atoms with van der Waals surface area (Å²) in [5.41, 5.74) is 1.69. The van der Waals surface area contributed by atoms with Crippen molar-refractivity contribution in [2.75, 3.05) is 51.3 Å². The Morgan fingerprint density at radius 2 is 2.14 bits per heavy atom. The van der Waals surface area contributed by atoms with E-state index in [-0.39, 0.29) is 6.09 Å². The molecule has 3 aliphatic rings. The highest BCUT2D eigenvalue weighted by Gasteiger charge is 2.27. The van der Waals surface area contributed by atoms with Crippen LogP contribution in [0.1, 0.15) is 5.69 Å². The zero-order valence-electron chi connectivity index (χ0n) is 12.2. The number of aliphatic imine (C=N–C) groups is 1. The fraction of sp³-hybridized carbons (Fsp3) is 0.500. The first kappa shape index (κ1) is 13.3. The highest BCUT2D eigenvalue weighted by molar-refractivity contribution is 6.04. The number of anilines is 1. The van der Waals surface area contributed by atoms with Gasteiger partial charge in [-0.15, -0.1) is 0 Å². The molecule has 8 heteroatoms. The molecule has 8 nitrogen and oxygen atoms in total. The first-order valence-electron chi connectivity index (χ1n) is 7.52. The normalized spacial score (nSPS) is 19.9. The van der Waals surface area contributed by atoms with Crippen LogP contribution >= 0.6 is 0 Å². The summed E-state index contributed by atoms with van der Waals surface area (Å²) < 4.78 is 5.43. The van der Waals surface area contributed by atoms with E-state index in [1.165, 1.54) is 0 Å². The van der Waals surface area contributed by atoms with Crippen LogP contribution in [0.5, 0.6) is 5.75 Å². The number of aromatic nitrogens is 1. The third-order valence-corrected chi connectivity index (χ3v) is 4.05. The number of fused-ring (bicyclic) bond motifs is 3. The summed E-state index contributed by atoms with van der Waals surface area (Å²) in [7, 11) is 0. The number of piperazine rings is 1. The Balaban J connectivity index is 1.51. The van der Waals surface area contributed by atoms with Crippen LogP contribution in [0.25, 0.3) is 0 Å². The van der Waals surface area contributed by atoms with Gasteiger partial charge in [0.25, 0.3) is 0 Å². The fourth-order valence-electron chi connectivity index (χ4n) is 2.87. The Kier molecular flexibility index (Phi) is 3.30. The van der Waals surface area contributed by atoms with Crippen molar-refractivity contribution in [1.82, 2.24) is 20.1 Å². The second kappa shape index (κ2) is 5.45. The van der Waals surface area contributed by atoms with Crippen LogP contribution in [0.15, 0.2) is 17.3 Å². The summed E-state index contributed by atoms with van der Waals surface area (Å²) in [4.78, 5) is 24.9. The second-order valence-corrected chi connectivity index (χ2v) is 5.48. The topological polar surface area (TPSA) is 82.1 Å². The third kappa shape index (κ3) is 2.35. The van der Waals surface area contributed by atoms with Crippen LogP contribution in [0.2, 0.25) is 0 Å². The van der Waals surface area contributed by atoms with Crippen molar-refractivity contribution < 1.29 is 9.53 Å². The second-order valence-electron chi connectivity index (χ2n) is 5.48. The Bertz CT molecular complexity index is 626. The van der Waals surface area contributed by atoms with Gasteiger partial charge in [0, 0.05) is 38.8 Å². The van der Waals surface area contributed by atoms with Gasteiger partial charge >= 0.3 is 6.09 Å². The SMILES string of the molecule is O=C(Oc1cnc2c(c1)NCN1CCN=C21)N1CCNCC1. The number of carbonyl (C=O) groups is 1. The smallest absolute Gasteiger partial charge is 0.408 e. The number of ether oxygens (including phenoxy) is 1. The van der Waals surface area contributed by atoms with Crippen molar-refractivity contribution in [2.45, 2.75) is 0 Å². The van der Waals surface area contributed by atoms with E-state index in [2.05, 4.69) is 25.5 Å². The number of amidine groups is 1. The van der Waals surface area contributed by atoms with Crippen LogP contribution in [0.4, 0.5) is 10.5 Å². The van der Waals surface area contributed by atoms with Gasteiger partial charge in [-0.1, -0.05) is 0 Å². The minimum absolute atomic E-state index is 0.320. The lowest BCUT2D eigenvalue weighted by molar-refractivity contribution is 0.145. The first-order chi connectivity index (χ1) is 10.8. The minimum atomic E-state index is -0.320. The minimum Gasteiger partial charge on any atom is -0.408 e. The number of nitrogens with zero attached hydrogens (tertiary/aromatic N) is 4. The lowest BCUT2D eigenvalue weighted by Crippen LogP contribution is -2.47. The summed E-state index contributed by atoms with van der Waals surface area (Å²) >= 11 is 0. The quantitative estimate of drug-likeness (QED) is 0.756. The number of carbonyl (C=O) groups excluding carboxylic acids is 1. The molecule has 0 aliphatic carbocycles. The average molecular weight is 302 g/mol. The molecule has 1 aromatic heterocycles. The van der Waals surface area contributed by atoms with Crippen LogP contribution in [0, 0.1) is 0 Å². The number of pyridine rings is 1. The van der Waals surface area contributed by atoms with Gasteiger partial charge < -0.3 is 25.2 Å². The summed E-state index contributed by atoms with van der Waals surface area (Å²) in [5.74, 6) is 1.38. The molecular weight excluding hydrogens is 284 g/mol. The van der Waals surface area contributed by atoms with E-state index in [9.17, 15) is 4.79 Å². The zero-order chi connectivity index (χ0) is 14.9. The van der Waals surface area contributed by atoms with Gasteiger partial charge in [-0.2, -0.15) is 0 Å². The molecule has 1 amide bonds. The van der Waals surface area contributed by atoms with Crippen molar-refractivity contribution in [3.05, 3.63) is 18.0 Å². The molecule has 3 aliphatic heterocycles. The van der Waals surface area contributed by atoms with E-state index in [1.807, 2.05) is 6.07 Å². The number of rotatable bonds is 1. The molecule has 1 aromatic rings. The predicted molar refractivity (Wildman–Crippen MR) is 81.3 cm³/mol. The maximum absolute atomic E-state index is 12.1. The molecule has 22 heavy (non-hydrogen) atoms. The molecule has 4 heterocycles. The first-order valence-corrected chi connectivity index (χ1v) is 7.52. The van der Waals surface area contributed by atoms with Crippen molar-refractivity contribution in [1.29, 1.82) is 0 Å². The van der Waals surface area contributed by atoms with Gasteiger partial charge in [0.2, 0.25) is 0 Å². The summed E-state index contributed by atoms with van der Waals surface area (Å²) in [5, 5.41) is 6.50. The summed E-state index contributed by atoms with van der Waals surface area (Å²) in [6.07, 6.45) is 1.27. The molecule has 1 saturated heterocycles. The van der Waals surface area contributed by atoms with E-state index in [0.717, 1.165) is 43.4 Å². The maximum Gasteiger partial charge on any atom is 0.415 e. The van der Waals surface area contributed by atoms with Gasteiger partial charge in [-0.3, -0.25) is 4.99 Å².